The molecule has 324 valence electrons. The van der Waals surface area contributed by atoms with Gasteiger partial charge in [-0.25, -0.2) is 37.5 Å². The molecule has 61 heavy (non-hydrogen) atoms. The molecule has 0 spiro atoms. The van der Waals surface area contributed by atoms with E-state index < -0.39 is 41.7 Å². The summed E-state index contributed by atoms with van der Waals surface area (Å²) in [4.78, 5) is 20.0. The molecule has 15 nitrogen and oxygen atoms in total. The number of anilines is 3. The minimum atomic E-state index is -4.16. The van der Waals surface area contributed by atoms with Crippen LogP contribution >= 0.6 is 0 Å². The number of hydrogen-bond donors (Lipinski definition) is 2. The van der Waals surface area contributed by atoms with Crippen molar-refractivity contribution in [3.63, 3.8) is 0 Å². The van der Waals surface area contributed by atoms with Gasteiger partial charge in [0.2, 0.25) is 23.6 Å². The second kappa shape index (κ2) is 13.9. The summed E-state index contributed by atoms with van der Waals surface area (Å²) in [5.74, 6) is -7.34. The summed E-state index contributed by atoms with van der Waals surface area (Å²) in [5.41, 5.74) is 6.03. The monoisotopic (exact) mass is 863 g/mol. The van der Waals surface area contributed by atoms with Crippen molar-refractivity contribution >= 4 is 50.7 Å². The van der Waals surface area contributed by atoms with Gasteiger partial charge in [0.1, 0.15) is 11.0 Å². The molecule has 3 aliphatic heterocycles. The molecule has 6 aromatic rings. The fourth-order valence-corrected chi connectivity index (χ4v) is 8.66. The summed E-state index contributed by atoms with van der Waals surface area (Å²) in [5, 5.41) is 12.4. The summed E-state index contributed by atoms with van der Waals surface area (Å²) in [7, 11) is 0. The first-order valence-corrected chi connectivity index (χ1v) is 19.9. The van der Waals surface area contributed by atoms with Crippen LogP contribution in [0.15, 0.2) is 18.2 Å². The summed E-state index contributed by atoms with van der Waals surface area (Å²) in [6.45, 7) is 2.59. The lowest BCUT2D eigenvalue weighted by molar-refractivity contribution is -0.287. The highest BCUT2D eigenvalue weighted by molar-refractivity contribution is 6.02. The molecule has 2 fully saturated rings. The number of likely N-dealkylation sites (tertiary alicyclic amines) is 1. The van der Waals surface area contributed by atoms with E-state index in [0.29, 0.717) is 38.1 Å². The highest BCUT2D eigenvalue weighted by Crippen LogP contribution is 2.52. The maximum Gasteiger partial charge on any atom is 0.586 e. The molecule has 4 aliphatic rings. The zero-order valence-corrected chi connectivity index (χ0v) is 32.3. The topological polar surface area (TPSA) is 164 Å². The second-order valence-corrected chi connectivity index (χ2v) is 16.2. The zero-order valence-electron chi connectivity index (χ0n) is 32.3. The van der Waals surface area contributed by atoms with E-state index in [1.54, 1.807) is 0 Å². The van der Waals surface area contributed by atoms with Crippen molar-refractivity contribution in [1.82, 2.24) is 44.1 Å². The van der Waals surface area contributed by atoms with E-state index in [-0.39, 0.29) is 119 Å². The van der Waals surface area contributed by atoms with Crippen molar-refractivity contribution in [3.05, 3.63) is 29.8 Å². The molecule has 2 aromatic carbocycles. The van der Waals surface area contributed by atoms with Gasteiger partial charge in [-0.05, 0) is 49.3 Å². The van der Waals surface area contributed by atoms with Gasteiger partial charge >= 0.3 is 12.6 Å². The van der Waals surface area contributed by atoms with Gasteiger partial charge in [0.15, 0.2) is 40.2 Å². The van der Waals surface area contributed by atoms with E-state index in [1.165, 1.54) is 27.2 Å². The van der Waals surface area contributed by atoms with Gasteiger partial charge in [-0.15, -0.1) is 27.8 Å². The highest BCUT2D eigenvalue weighted by atomic mass is 19.3. The summed E-state index contributed by atoms with van der Waals surface area (Å²) in [6, 6.07) is 4.07. The minimum absolute atomic E-state index is 0.0690. The first-order valence-electron chi connectivity index (χ1n) is 19.9. The Balaban J connectivity index is 1.04. The van der Waals surface area contributed by atoms with Crippen LogP contribution in [0.4, 0.5) is 52.7 Å². The summed E-state index contributed by atoms with van der Waals surface area (Å²) in [6.07, 6.45) is -6.18. The number of piperidine rings is 1. The Morgan fingerprint density at radius 1 is 0.754 bits per heavy atom. The number of nitrogens with one attached hydrogen (secondary N) is 1. The van der Waals surface area contributed by atoms with Gasteiger partial charge in [-0.1, -0.05) is 13.3 Å². The Morgan fingerprint density at radius 2 is 1.43 bits per heavy atom. The first kappa shape index (κ1) is 39.4. The molecule has 3 N–H and O–H groups in total. The van der Waals surface area contributed by atoms with Crippen LogP contribution in [0.5, 0.6) is 23.0 Å². The number of alkyl halides is 8. The quantitative estimate of drug-likeness (QED) is 0.107. The number of aryl methyl sites for hydroxylation is 1. The van der Waals surface area contributed by atoms with Gasteiger partial charge in [0, 0.05) is 63.5 Å². The van der Waals surface area contributed by atoms with Crippen molar-refractivity contribution in [1.29, 1.82) is 0 Å². The molecule has 7 heterocycles. The van der Waals surface area contributed by atoms with Crippen LogP contribution in [0.1, 0.15) is 69.9 Å². The van der Waals surface area contributed by atoms with Crippen LogP contribution in [0, 0.1) is 11.8 Å². The molecule has 1 aliphatic carbocycles. The van der Waals surface area contributed by atoms with E-state index in [9.17, 15) is 35.1 Å². The van der Waals surface area contributed by atoms with Crippen molar-refractivity contribution < 1.29 is 54.1 Å². The maximum atomic E-state index is 15.0. The molecular formula is C38H37F8N11O4. The number of fused-ring (bicyclic) bond motifs is 10. The van der Waals surface area contributed by atoms with Crippen LogP contribution < -0.4 is 30.0 Å². The molecule has 4 aromatic heterocycles. The smallest absolute Gasteiger partial charge is 0.395 e. The molecule has 0 radical (unpaired) electrons. The molecule has 2 unspecified atom stereocenters. The second-order valence-electron chi connectivity index (χ2n) is 16.2. The lowest BCUT2D eigenvalue weighted by Crippen LogP contribution is -2.40. The minimum Gasteiger partial charge on any atom is -0.395 e. The third-order valence-electron chi connectivity index (χ3n) is 11.9. The summed E-state index contributed by atoms with van der Waals surface area (Å²) >= 11 is 0. The number of nitrogens with zero attached hydrogens (tertiary/aromatic N) is 9. The third kappa shape index (κ3) is 7.32. The fraction of sp³-hybridized carbons (Fsp3) is 0.526. The SMILES string of the molecule is CC(CCc1nc2c3cc(Nc4nc5c6c(ccc5c5nc(CCN7CCC(F)(F)CC7)nn45)OC(F)(F)O6)c4c(c3nc(N)n2n1)OC(F)(F)O4)C1CCCCC(F)(F)C1. The van der Waals surface area contributed by atoms with Crippen molar-refractivity contribution in [2.45, 2.75) is 95.6 Å². The molecule has 10 rings (SSSR count). The Morgan fingerprint density at radius 3 is 2.21 bits per heavy atom. The number of ether oxygens (including phenoxy) is 4. The van der Waals surface area contributed by atoms with Crippen LogP contribution in [0.2, 0.25) is 0 Å². The molecule has 0 amide bonds. The van der Waals surface area contributed by atoms with Crippen LogP contribution in [0.25, 0.3) is 33.1 Å². The van der Waals surface area contributed by atoms with Crippen LogP contribution in [0.3, 0.4) is 0 Å². The van der Waals surface area contributed by atoms with Crippen molar-refractivity contribution in [2.75, 3.05) is 30.7 Å². The predicted molar refractivity (Wildman–Crippen MR) is 200 cm³/mol. The van der Waals surface area contributed by atoms with E-state index >= 15 is 0 Å². The lowest BCUT2D eigenvalue weighted by Gasteiger charge is -2.31. The van der Waals surface area contributed by atoms with Gasteiger partial charge in [0.25, 0.3) is 5.92 Å². The van der Waals surface area contributed by atoms with E-state index in [2.05, 4.69) is 40.2 Å². The fourth-order valence-electron chi connectivity index (χ4n) is 8.66. The number of rotatable bonds is 9. The van der Waals surface area contributed by atoms with Gasteiger partial charge in [0.05, 0.1) is 11.1 Å². The molecular weight excluding hydrogens is 826 g/mol. The number of nitrogens with two attached hydrogens (primary N) is 1. The maximum absolute atomic E-state index is 15.0. The number of aromatic nitrogens is 8. The molecule has 1 saturated heterocycles. The summed E-state index contributed by atoms with van der Waals surface area (Å²) < 4.78 is 137. The average molecular weight is 864 g/mol. The van der Waals surface area contributed by atoms with Crippen LogP contribution in [-0.4, -0.2) is 88.1 Å². The number of hydrogen-bond acceptors (Lipinski definition) is 13. The Hall–Kier alpha value is -5.74. The Bertz CT molecular complexity index is 2720. The molecule has 2 atom stereocenters. The predicted octanol–water partition coefficient (Wildman–Crippen LogP) is 7.90. The molecule has 0 bridgehead atoms. The zero-order chi connectivity index (χ0) is 42.6. The number of benzene rings is 2. The Labute approximate surface area is 339 Å². The van der Waals surface area contributed by atoms with Gasteiger partial charge in [-0.3, -0.25) is 0 Å². The van der Waals surface area contributed by atoms with Gasteiger partial charge in [-0.2, -0.15) is 9.03 Å². The van der Waals surface area contributed by atoms with E-state index in [4.69, 9.17) is 19.9 Å². The first-order chi connectivity index (χ1) is 28.9. The normalized spacial score (nSPS) is 22.0. The average Bonchev–Trinajstić information content (AvgIpc) is 3.95. The lowest BCUT2D eigenvalue weighted by atomic mass is 9.84. The van der Waals surface area contributed by atoms with E-state index in [0.717, 1.165) is 6.42 Å². The van der Waals surface area contributed by atoms with Crippen molar-refractivity contribution in [2.24, 2.45) is 11.8 Å². The van der Waals surface area contributed by atoms with Gasteiger partial charge < -0.3 is 34.9 Å². The third-order valence-corrected chi connectivity index (χ3v) is 11.9. The van der Waals surface area contributed by atoms with Crippen LogP contribution in [-0.2, 0) is 12.8 Å². The standard InChI is InChI=1S/C38H37F8N11O4/c1-18(19-4-2-3-10-36(41,42)17-19)5-8-24-49-32-21-16-22(28-30(61-38(45,46)59-28)27(21)51-33(47)56(32)53-24)48-34-52-26-20(6-7-23-29(26)60-37(43,44)58-23)31-50-25(54-57(31)34)9-13-55-14-11-35(39,40)12-15-55/h6-7,16,18-19H,2-5,8-15,17H2,1H3,(H2,47,51)(H,48,52). The highest BCUT2D eigenvalue weighted by Gasteiger charge is 2.48. The molecule has 1 saturated carbocycles. The Kier molecular flexibility index (Phi) is 8.97. The number of halogens is 8. The molecule has 23 heteroatoms. The van der Waals surface area contributed by atoms with Crippen molar-refractivity contribution in [3.8, 4) is 23.0 Å². The largest absolute Gasteiger partial charge is 0.586 e. The van der Waals surface area contributed by atoms with E-state index in [1.807, 2.05) is 11.8 Å². The number of nitrogen functional groups attached to an aromatic ring is 1.